The molecular formula is C14H22N2O2S. The fourth-order valence-corrected chi connectivity index (χ4v) is 3.21. The number of ether oxygens (including phenoxy) is 1. The summed E-state index contributed by atoms with van der Waals surface area (Å²) in [5, 5.41) is 2.82. The third-order valence-corrected chi connectivity index (χ3v) is 4.38. The van der Waals surface area contributed by atoms with Gasteiger partial charge in [-0.1, -0.05) is 0 Å². The quantitative estimate of drug-likeness (QED) is 0.780. The molecule has 0 spiro atoms. The number of carbonyl (C=O) groups excluding carboxylic acids is 1. The first-order valence-corrected chi connectivity index (χ1v) is 7.79. The molecule has 0 unspecified atom stereocenters. The third-order valence-electron chi connectivity index (χ3n) is 3.61. The van der Waals surface area contributed by atoms with Crippen LogP contribution in [0.25, 0.3) is 0 Å². The zero-order chi connectivity index (χ0) is 13.7. The zero-order valence-electron chi connectivity index (χ0n) is 11.7. The average molecular weight is 282 g/mol. The molecule has 106 valence electrons. The molecule has 19 heavy (non-hydrogen) atoms. The SMILES string of the molecule is COCCC[C@@H]1CCCN(C(=O)c2csc(C)n2)C1. The molecule has 1 fully saturated rings. The van der Waals surface area contributed by atoms with Gasteiger partial charge in [0.25, 0.3) is 5.91 Å². The number of rotatable bonds is 5. The van der Waals surface area contributed by atoms with Gasteiger partial charge in [-0.15, -0.1) is 11.3 Å². The first-order valence-electron chi connectivity index (χ1n) is 6.91. The van der Waals surface area contributed by atoms with Crippen molar-refractivity contribution in [1.29, 1.82) is 0 Å². The van der Waals surface area contributed by atoms with Gasteiger partial charge in [0, 0.05) is 32.2 Å². The van der Waals surface area contributed by atoms with Gasteiger partial charge >= 0.3 is 0 Å². The Bertz CT molecular complexity index is 419. The second-order valence-corrected chi connectivity index (χ2v) is 6.21. The molecule has 1 aliphatic heterocycles. The lowest BCUT2D eigenvalue weighted by Gasteiger charge is -2.32. The maximum absolute atomic E-state index is 12.3. The number of aromatic nitrogens is 1. The van der Waals surface area contributed by atoms with Crippen LogP contribution in [0.5, 0.6) is 0 Å². The summed E-state index contributed by atoms with van der Waals surface area (Å²) in [6.07, 6.45) is 4.56. The second kappa shape index (κ2) is 7.01. The standard InChI is InChI=1S/C14H22N2O2S/c1-11-15-13(10-19-11)14(17)16-7-3-5-12(9-16)6-4-8-18-2/h10,12H,3-9H2,1-2H3/t12-/m0/s1. The van der Waals surface area contributed by atoms with E-state index in [1.807, 2.05) is 17.2 Å². The van der Waals surface area contributed by atoms with Gasteiger partial charge in [0.15, 0.2) is 0 Å². The lowest BCUT2D eigenvalue weighted by molar-refractivity contribution is 0.0655. The normalized spacial score (nSPS) is 19.7. The van der Waals surface area contributed by atoms with Crippen molar-refractivity contribution >= 4 is 17.2 Å². The van der Waals surface area contributed by atoms with E-state index in [-0.39, 0.29) is 5.91 Å². The van der Waals surface area contributed by atoms with E-state index in [0.29, 0.717) is 11.6 Å². The Hall–Kier alpha value is -0.940. The molecule has 1 saturated heterocycles. The van der Waals surface area contributed by atoms with Crippen LogP contribution in [0.2, 0.25) is 0 Å². The molecule has 0 saturated carbocycles. The van der Waals surface area contributed by atoms with Gasteiger partial charge in [-0.25, -0.2) is 4.98 Å². The Morgan fingerprint density at radius 1 is 1.63 bits per heavy atom. The molecule has 5 heteroatoms. The predicted octanol–water partition coefficient (Wildman–Crippen LogP) is 2.73. The van der Waals surface area contributed by atoms with Gasteiger partial charge in [0.1, 0.15) is 5.69 Å². The number of methoxy groups -OCH3 is 1. The number of carbonyl (C=O) groups is 1. The van der Waals surface area contributed by atoms with E-state index >= 15 is 0 Å². The van der Waals surface area contributed by atoms with Crippen molar-refractivity contribution in [2.45, 2.75) is 32.6 Å². The highest BCUT2D eigenvalue weighted by Gasteiger charge is 2.25. The van der Waals surface area contributed by atoms with E-state index in [0.717, 1.165) is 44.0 Å². The minimum Gasteiger partial charge on any atom is -0.385 e. The highest BCUT2D eigenvalue weighted by Crippen LogP contribution is 2.22. The molecule has 1 aromatic rings. The fraction of sp³-hybridized carbons (Fsp3) is 0.714. The van der Waals surface area contributed by atoms with E-state index < -0.39 is 0 Å². The summed E-state index contributed by atoms with van der Waals surface area (Å²) in [7, 11) is 1.74. The van der Waals surface area contributed by atoms with Crippen molar-refractivity contribution < 1.29 is 9.53 Å². The van der Waals surface area contributed by atoms with E-state index in [4.69, 9.17) is 4.74 Å². The number of nitrogens with zero attached hydrogens (tertiary/aromatic N) is 2. The van der Waals surface area contributed by atoms with Crippen LogP contribution >= 0.6 is 11.3 Å². The smallest absolute Gasteiger partial charge is 0.273 e. The van der Waals surface area contributed by atoms with Gasteiger partial charge in [0.05, 0.1) is 5.01 Å². The maximum Gasteiger partial charge on any atom is 0.273 e. The van der Waals surface area contributed by atoms with Gasteiger partial charge in [-0.3, -0.25) is 4.79 Å². The number of thiazole rings is 1. The average Bonchev–Trinajstić information content (AvgIpc) is 2.85. The topological polar surface area (TPSA) is 42.4 Å². The molecule has 0 aliphatic carbocycles. The van der Waals surface area contributed by atoms with Gasteiger partial charge in [0.2, 0.25) is 0 Å². The first kappa shape index (κ1) is 14.5. The lowest BCUT2D eigenvalue weighted by Crippen LogP contribution is -2.40. The summed E-state index contributed by atoms with van der Waals surface area (Å²) in [6.45, 7) is 4.50. The van der Waals surface area contributed by atoms with E-state index in [1.54, 1.807) is 7.11 Å². The molecule has 1 aliphatic rings. The molecule has 4 nitrogen and oxygen atoms in total. The van der Waals surface area contributed by atoms with Gasteiger partial charge < -0.3 is 9.64 Å². The van der Waals surface area contributed by atoms with Crippen molar-refractivity contribution in [3.05, 3.63) is 16.1 Å². The highest BCUT2D eigenvalue weighted by molar-refractivity contribution is 7.09. The Labute approximate surface area is 118 Å². The van der Waals surface area contributed by atoms with Crippen LogP contribution in [0.1, 0.15) is 41.2 Å². The molecular weight excluding hydrogens is 260 g/mol. The number of piperidine rings is 1. The summed E-state index contributed by atoms with van der Waals surface area (Å²) in [6, 6.07) is 0. The van der Waals surface area contributed by atoms with Crippen LogP contribution in [0.3, 0.4) is 0 Å². The maximum atomic E-state index is 12.3. The molecule has 2 heterocycles. The summed E-state index contributed by atoms with van der Waals surface area (Å²) < 4.78 is 5.09. The Balaban J connectivity index is 1.88. The summed E-state index contributed by atoms with van der Waals surface area (Å²) >= 11 is 1.54. The van der Waals surface area contributed by atoms with E-state index in [1.165, 1.54) is 17.8 Å². The van der Waals surface area contributed by atoms with Crippen molar-refractivity contribution in [2.24, 2.45) is 5.92 Å². The molecule has 0 radical (unpaired) electrons. The van der Waals surface area contributed by atoms with Crippen molar-refractivity contribution in [2.75, 3.05) is 26.8 Å². The predicted molar refractivity (Wildman–Crippen MR) is 76.6 cm³/mol. The number of aryl methyl sites for hydroxylation is 1. The lowest BCUT2D eigenvalue weighted by atomic mass is 9.93. The van der Waals surface area contributed by atoms with Gasteiger partial charge in [-0.05, 0) is 38.5 Å². The first-order chi connectivity index (χ1) is 9.20. The minimum absolute atomic E-state index is 0.0980. The van der Waals surface area contributed by atoms with Crippen molar-refractivity contribution in [3.63, 3.8) is 0 Å². The van der Waals surface area contributed by atoms with E-state index in [2.05, 4.69) is 4.98 Å². The number of amides is 1. The number of hydrogen-bond donors (Lipinski definition) is 0. The van der Waals surface area contributed by atoms with Gasteiger partial charge in [-0.2, -0.15) is 0 Å². The van der Waals surface area contributed by atoms with Crippen molar-refractivity contribution in [3.8, 4) is 0 Å². The number of hydrogen-bond acceptors (Lipinski definition) is 4. The zero-order valence-corrected chi connectivity index (χ0v) is 12.5. The van der Waals surface area contributed by atoms with Crippen molar-refractivity contribution in [1.82, 2.24) is 9.88 Å². The van der Waals surface area contributed by atoms with Crippen LogP contribution in [0.4, 0.5) is 0 Å². The fourth-order valence-electron chi connectivity index (χ4n) is 2.63. The molecule has 1 amide bonds. The molecule has 2 rings (SSSR count). The molecule has 0 N–H and O–H groups in total. The monoisotopic (exact) mass is 282 g/mol. The molecule has 1 aromatic heterocycles. The van der Waals surface area contributed by atoms with E-state index in [9.17, 15) is 4.79 Å². The van der Waals surface area contributed by atoms with Crippen LogP contribution < -0.4 is 0 Å². The minimum atomic E-state index is 0.0980. The molecule has 0 aromatic carbocycles. The largest absolute Gasteiger partial charge is 0.385 e. The van der Waals surface area contributed by atoms with Crippen LogP contribution in [-0.2, 0) is 4.74 Å². The second-order valence-electron chi connectivity index (χ2n) is 5.15. The summed E-state index contributed by atoms with van der Waals surface area (Å²) in [4.78, 5) is 18.6. The molecule has 0 bridgehead atoms. The summed E-state index contributed by atoms with van der Waals surface area (Å²) in [5.74, 6) is 0.716. The Morgan fingerprint density at radius 3 is 3.16 bits per heavy atom. The highest BCUT2D eigenvalue weighted by atomic mass is 32.1. The van der Waals surface area contributed by atoms with Crippen LogP contribution in [0.15, 0.2) is 5.38 Å². The third kappa shape index (κ3) is 4.01. The Morgan fingerprint density at radius 2 is 2.47 bits per heavy atom. The Kier molecular flexibility index (Phi) is 5.34. The molecule has 1 atom stereocenters. The van der Waals surface area contributed by atoms with Crippen LogP contribution in [0, 0.1) is 12.8 Å². The van der Waals surface area contributed by atoms with Crippen LogP contribution in [-0.4, -0.2) is 42.6 Å². The summed E-state index contributed by atoms with van der Waals surface area (Å²) in [5.41, 5.74) is 0.611. The number of likely N-dealkylation sites (tertiary alicyclic amines) is 1.